The molecule has 0 aromatic carbocycles. The lowest BCUT2D eigenvalue weighted by Gasteiger charge is -2.33. The predicted molar refractivity (Wildman–Crippen MR) is 93.9 cm³/mol. The fraction of sp³-hybridized carbons (Fsp3) is 0.688. The number of hydrogen-bond acceptors (Lipinski definition) is 4. The van der Waals surface area contributed by atoms with Crippen molar-refractivity contribution in [3.63, 3.8) is 0 Å². The van der Waals surface area contributed by atoms with Gasteiger partial charge >= 0.3 is 0 Å². The lowest BCUT2D eigenvalue weighted by Crippen LogP contribution is -2.38. The molecule has 0 radical (unpaired) electrons. The predicted octanol–water partition coefficient (Wildman–Crippen LogP) is 3.62. The molecule has 21 heavy (non-hydrogen) atoms. The van der Waals surface area contributed by atoms with E-state index in [9.17, 15) is 0 Å². The van der Waals surface area contributed by atoms with Gasteiger partial charge < -0.3 is 11.1 Å². The summed E-state index contributed by atoms with van der Waals surface area (Å²) in [7, 11) is 0. The fourth-order valence-electron chi connectivity index (χ4n) is 2.79. The number of rotatable bonds is 8. The standard InChI is InChI=1S/C16H28N4S/c1-6-11-12(7-2)19-20-15(13(11)14(17)21)18-16(8-3,9-4)10-5/h6-10H2,1-5H3,(H2,17,21)(H,18,20). The van der Waals surface area contributed by atoms with Crippen LogP contribution in [-0.2, 0) is 12.8 Å². The van der Waals surface area contributed by atoms with E-state index in [1.165, 1.54) is 0 Å². The van der Waals surface area contributed by atoms with Gasteiger partial charge in [0.2, 0.25) is 0 Å². The van der Waals surface area contributed by atoms with Gasteiger partial charge in [-0.2, -0.15) is 5.10 Å². The lowest BCUT2D eigenvalue weighted by atomic mass is 9.89. The highest BCUT2D eigenvalue weighted by Crippen LogP contribution is 2.28. The van der Waals surface area contributed by atoms with Gasteiger partial charge in [-0.1, -0.05) is 46.8 Å². The van der Waals surface area contributed by atoms with E-state index >= 15 is 0 Å². The molecule has 118 valence electrons. The number of aryl methyl sites for hydroxylation is 1. The van der Waals surface area contributed by atoms with Crippen LogP contribution in [0, 0.1) is 0 Å². The van der Waals surface area contributed by atoms with Gasteiger partial charge in [-0.05, 0) is 37.7 Å². The molecule has 4 nitrogen and oxygen atoms in total. The summed E-state index contributed by atoms with van der Waals surface area (Å²) < 4.78 is 0. The van der Waals surface area contributed by atoms with E-state index in [1.54, 1.807) is 0 Å². The van der Waals surface area contributed by atoms with Crippen LogP contribution >= 0.6 is 12.2 Å². The summed E-state index contributed by atoms with van der Waals surface area (Å²) in [6, 6.07) is 0. The molecule has 0 saturated carbocycles. The van der Waals surface area contributed by atoms with Gasteiger partial charge in [-0.15, -0.1) is 5.10 Å². The van der Waals surface area contributed by atoms with Crippen LogP contribution in [0.3, 0.4) is 0 Å². The van der Waals surface area contributed by atoms with Crippen molar-refractivity contribution < 1.29 is 0 Å². The Balaban J connectivity index is 3.39. The van der Waals surface area contributed by atoms with E-state index in [0.717, 1.165) is 54.7 Å². The molecule has 0 bridgehead atoms. The SMILES string of the molecule is CCc1nnc(NC(CC)(CC)CC)c(C(N)=S)c1CC. The number of anilines is 1. The topological polar surface area (TPSA) is 63.8 Å². The number of hydrogen-bond donors (Lipinski definition) is 2. The number of thiocarbonyl (C=S) groups is 1. The van der Waals surface area contributed by atoms with Crippen LogP contribution in [0.2, 0.25) is 0 Å². The Labute approximate surface area is 133 Å². The molecule has 0 aliphatic carbocycles. The van der Waals surface area contributed by atoms with Crippen molar-refractivity contribution in [2.24, 2.45) is 5.73 Å². The third-order valence-electron chi connectivity index (χ3n) is 4.51. The number of nitrogens with one attached hydrogen (secondary N) is 1. The van der Waals surface area contributed by atoms with Crippen LogP contribution in [0.25, 0.3) is 0 Å². The molecule has 1 heterocycles. The highest BCUT2D eigenvalue weighted by atomic mass is 32.1. The summed E-state index contributed by atoms with van der Waals surface area (Å²) in [4.78, 5) is 0.399. The molecule has 1 rings (SSSR count). The average molecular weight is 308 g/mol. The quantitative estimate of drug-likeness (QED) is 0.718. The maximum absolute atomic E-state index is 5.98. The van der Waals surface area contributed by atoms with Gasteiger partial charge in [0, 0.05) is 5.54 Å². The molecule has 3 N–H and O–H groups in total. The van der Waals surface area contributed by atoms with Gasteiger partial charge in [-0.25, -0.2) is 0 Å². The van der Waals surface area contributed by atoms with Gasteiger partial charge in [0.25, 0.3) is 0 Å². The average Bonchev–Trinajstić information content (AvgIpc) is 2.51. The molecular formula is C16H28N4S. The summed E-state index contributed by atoms with van der Waals surface area (Å²) in [5.41, 5.74) is 8.99. The van der Waals surface area contributed by atoms with E-state index in [0.29, 0.717) is 4.99 Å². The first kappa shape index (κ1) is 17.8. The van der Waals surface area contributed by atoms with Gasteiger partial charge in [-0.3, -0.25) is 0 Å². The van der Waals surface area contributed by atoms with Crippen LogP contribution < -0.4 is 11.1 Å². The first-order valence-electron chi connectivity index (χ1n) is 7.94. The Morgan fingerprint density at radius 1 is 1.05 bits per heavy atom. The van der Waals surface area contributed by atoms with E-state index in [2.05, 4.69) is 50.1 Å². The second-order valence-corrected chi connectivity index (χ2v) is 5.83. The normalized spacial score (nSPS) is 11.5. The van der Waals surface area contributed by atoms with Gasteiger partial charge in [0.05, 0.1) is 11.3 Å². The molecule has 0 spiro atoms. The van der Waals surface area contributed by atoms with Crippen molar-refractivity contribution in [3.05, 3.63) is 16.8 Å². The highest BCUT2D eigenvalue weighted by Gasteiger charge is 2.27. The van der Waals surface area contributed by atoms with Crippen molar-refractivity contribution in [1.82, 2.24) is 10.2 Å². The molecule has 0 fully saturated rings. The van der Waals surface area contributed by atoms with E-state index in [4.69, 9.17) is 18.0 Å². The molecule has 0 saturated heterocycles. The zero-order valence-corrected chi connectivity index (χ0v) is 14.7. The first-order valence-corrected chi connectivity index (χ1v) is 8.35. The van der Waals surface area contributed by atoms with E-state index in [-0.39, 0.29) is 5.54 Å². The van der Waals surface area contributed by atoms with Crippen LogP contribution in [0.5, 0.6) is 0 Å². The largest absolute Gasteiger partial charge is 0.389 e. The minimum Gasteiger partial charge on any atom is -0.389 e. The van der Waals surface area contributed by atoms with Crippen molar-refractivity contribution in [3.8, 4) is 0 Å². The van der Waals surface area contributed by atoms with Crippen LogP contribution in [0.1, 0.15) is 70.7 Å². The molecule has 0 unspecified atom stereocenters. The number of nitrogens with zero attached hydrogens (tertiary/aromatic N) is 2. The molecule has 1 aromatic heterocycles. The summed E-state index contributed by atoms with van der Waals surface area (Å²) >= 11 is 5.28. The first-order chi connectivity index (χ1) is 9.98. The molecule has 0 atom stereocenters. The van der Waals surface area contributed by atoms with Crippen molar-refractivity contribution in [1.29, 1.82) is 0 Å². The maximum atomic E-state index is 5.98. The summed E-state index contributed by atoms with van der Waals surface area (Å²) in [6.07, 6.45) is 4.77. The number of aromatic nitrogens is 2. The second-order valence-electron chi connectivity index (χ2n) is 5.39. The minimum absolute atomic E-state index is 0.0208. The van der Waals surface area contributed by atoms with Crippen molar-refractivity contribution >= 4 is 23.0 Å². The molecule has 0 aliphatic heterocycles. The Hall–Kier alpha value is -1.23. The van der Waals surface area contributed by atoms with Crippen LogP contribution in [0.4, 0.5) is 5.82 Å². The highest BCUT2D eigenvalue weighted by molar-refractivity contribution is 7.80. The Morgan fingerprint density at radius 2 is 1.62 bits per heavy atom. The van der Waals surface area contributed by atoms with Gasteiger partial charge in [0.15, 0.2) is 5.82 Å². The van der Waals surface area contributed by atoms with Crippen LogP contribution in [-0.4, -0.2) is 20.7 Å². The minimum atomic E-state index is 0.0208. The zero-order chi connectivity index (χ0) is 16.0. The lowest BCUT2D eigenvalue weighted by molar-refractivity contribution is 0.418. The molecule has 5 heteroatoms. The summed E-state index contributed by atoms with van der Waals surface area (Å²) in [5.74, 6) is 0.738. The van der Waals surface area contributed by atoms with E-state index in [1.807, 2.05) is 0 Å². The Morgan fingerprint density at radius 3 is 2.00 bits per heavy atom. The maximum Gasteiger partial charge on any atom is 0.159 e. The zero-order valence-electron chi connectivity index (χ0n) is 13.9. The Kier molecular flexibility index (Phi) is 6.52. The smallest absolute Gasteiger partial charge is 0.159 e. The molecular weight excluding hydrogens is 280 g/mol. The van der Waals surface area contributed by atoms with Crippen molar-refractivity contribution in [2.45, 2.75) is 72.3 Å². The van der Waals surface area contributed by atoms with Gasteiger partial charge in [0.1, 0.15) is 4.99 Å². The molecule has 1 aromatic rings. The fourth-order valence-corrected chi connectivity index (χ4v) is 3.01. The van der Waals surface area contributed by atoms with E-state index < -0.39 is 0 Å². The Bertz CT molecular complexity index is 487. The summed E-state index contributed by atoms with van der Waals surface area (Å²) in [5, 5.41) is 12.3. The monoisotopic (exact) mass is 308 g/mol. The number of nitrogens with two attached hydrogens (primary N) is 1. The molecule has 0 aliphatic rings. The third kappa shape index (κ3) is 3.70. The second kappa shape index (κ2) is 7.69. The third-order valence-corrected chi connectivity index (χ3v) is 4.71. The van der Waals surface area contributed by atoms with Crippen molar-refractivity contribution in [2.75, 3.05) is 5.32 Å². The summed E-state index contributed by atoms with van der Waals surface area (Å²) in [6.45, 7) is 10.8. The van der Waals surface area contributed by atoms with Crippen LogP contribution in [0.15, 0.2) is 0 Å². The molecule has 0 amide bonds.